The molecule has 0 saturated carbocycles. The van der Waals surface area contributed by atoms with E-state index in [1.54, 1.807) is 0 Å². The van der Waals surface area contributed by atoms with Gasteiger partial charge in [0.2, 0.25) is 0 Å². The molecule has 0 aromatic rings. The van der Waals surface area contributed by atoms with Gasteiger partial charge < -0.3 is 16.1 Å². The first-order chi connectivity index (χ1) is 9.77. The van der Waals surface area contributed by atoms with Crippen LogP contribution in [0.3, 0.4) is 0 Å². The fourth-order valence-electron chi connectivity index (χ4n) is 2.35. The normalized spacial score (nSPS) is 10.2. The van der Waals surface area contributed by atoms with Crippen LogP contribution in [0.4, 0.5) is 0 Å². The lowest BCUT2D eigenvalue weighted by Gasteiger charge is -1.99. The quantitative estimate of drug-likeness (QED) is 0.356. The van der Waals surface area contributed by atoms with Gasteiger partial charge in [-0.05, 0) is 32.1 Å². The fraction of sp³-hybridized carbons (Fsp3) is 0.833. The minimum absolute atomic E-state index is 0. The van der Waals surface area contributed by atoms with Gasteiger partial charge in [0, 0.05) is 6.42 Å². The van der Waals surface area contributed by atoms with Crippen LogP contribution in [0.1, 0.15) is 96.8 Å². The Morgan fingerprint density at radius 3 is 1.59 bits per heavy atom. The number of allylic oxidation sites excluding steroid dienone is 2. The zero-order chi connectivity index (χ0) is 14.9. The highest BCUT2D eigenvalue weighted by Gasteiger charge is 1.95. The molecule has 0 spiro atoms. The lowest BCUT2D eigenvalue weighted by Crippen LogP contribution is -1.93. The van der Waals surface area contributed by atoms with Crippen LogP contribution in [-0.2, 0) is 4.79 Å². The Morgan fingerprint density at radius 2 is 1.14 bits per heavy atom. The molecule has 0 fully saturated rings. The number of unbranched alkanes of at least 4 members (excludes halogenated alkanes) is 11. The maximum Gasteiger partial charge on any atom is 0.303 e. The Labute approximate surface area is 136 Å². The van der Waals surface area contributed by atoms with Gasteiger partial charge >= 0.3 is 5.97 Å². The minimum atomic E-state index is -0.664. The second-order valence-electron chi connectivity index (χ2n) is 5.73. The Hall–Kier alpha value is -0.870. The summed E-state index contributed by atoms with van der Waals surface area (Å²) in [7, 11) is 0. The molecule has 4 heteroatoms. The third-order valence-electron chi connectivity index (χ3n) is 3.65. The van der Waals surface area contributed by atoms with E-state index < -0.39 is 5.97 Å². The van der Waals surface area contributed by atoms with E-state index in [4.69, 9.17) is 5.11 Å². The molecular formula is C18H38O4. The van der Waals surface area contributed by atoms with Crippen LogP contribution < -0.4 is 0 Å². The molecule has 5 N–H and O–H groups in total. The third-order valence-corrected chi connectivity index (χ3v) is 3.65. The van der Waals surface area contributed by atoms with Crippen molar-refractivity contribution in [1.29, 1.82) is 0 Å². The first kappa shape index (κ1) is 26.0. The van der Waals surface area contributed by atoms with Gasteiger partial charge in [-0.3, -0.25) is 4.79 Å². The standard InChI is InChI=1S/C18H34O2.2H2O/c1-2-3-4-5-6-7-8-9-10-11-12-13-14-15-16-17-18(19)20;;/h9-10H,2-8,11-17H2,1H3,(H,19,20);2*1H2/b10-9-;;. The largest absolute Gasteiger partial charge is 0.481 e. The summed E-state index contributed by atoms with van der Waals surface area (Å²) in [6.45, 7) is 2.26. The van der Waals surface area contributed by atoms with E-state index in [0.29, 0.717) is 6.42 Å². The number of carboxylic acids is 1. The van der Waals surface area contributed by atoms with Gasteiger partial charge in [0.05, 0.1) is 0 Å². The maximum absolute atomic E-state index is 10.3. The monoisotopic (exact) mass is 318 g/mol. The molecule has 22 heavy (non-hydrogen) atoms. The van der Waals surface area contributed by atoms with Gasteiger partial charge in [0.15, 0.2) is 0 Å². The third kappa shape index (κ3) is 24.2. The van der Waals surface area contributed by atoms with Crippen molar-refractivity contribution in [3.63, 3.8) is 0 Å². The Balaban J connectivity index is -0.00000180. The molecule has 0 rings (SSSR count). The Bertz CT molecular complexity index is 239. The second kappa shape index (κ2) is 22.4. The summed E-state index contributed by atoms with van der Waals surface area (Å²) >= 11 is 0. The SMILES string of the molecule is CCCCCCCC/C=C\CCCCCCCC(=O)O.O.O. The summed E-state index contributed by atoms with van der Waals surface area (Å²) in [5.74, 6) is -0.664. The highest BCUT2D eigenvalue weighted by atomic mass is 16.4. The molecule has 4 nitrogen and oxygen atoms in total. The molecule has 0 unspecified atom stereocenters. The highest BCUT2D eigenvalue weighted by molar-refractivity contribution is 5.66. The molecule has 0 saturated heterocycles. The predicted octanol–water partition coefficient (Wildman–Crippen LogP) is 4.46. The fourth-order valence-corrected chi connectivity index (χ4v) is 2.35. The van der Waals surface area contributed by atoms with Crippen molar-refractivity contribution in [1.82, 2.24) is 0 Å². The summed E-state index contributed by atoms with van der Waals surface area (Å²) < 4.78 is 0. The lowest BCUT2D eigenvalue weighted by atomic mass is 10.1. The summed E-state index contributed by atoms with van der Waals surface area (Å²) in [6.07, 6.45) is 21.2. The van der Waals surface area contributed by atoms with Crippen LogP contribution in [0.25, 0.3) is 0 Å². The molecule has 0 aliphatic rings. The molecule has 0 aromatic carbocycles. The van der Waals surface area contributed by atoms with Crippen LogP contribution in [0.5, 0.6) is 0 Å². The number of hydrogen-bond acceptors (Lipinski definition) is 1. The van der Waals surface area contributed by atoms with E-state index in [2.05, 4.69) is 19.1 Å². The van der Waals surface area contributed by atoms with E-state index in [-0.39, 0.29) is 11.0 Å². The van der Waals surface area contributed by atoms with Crippen LogP contribution in [0.2, 0.25) is 0 Å². The molecule has 0 aliphatic heterocycles. The molecule has 0 bridgehead atoms. The maximum atomic E-state index is 10.3. The number of rotatable bonds is 15. The highest BCUT2D eigenvalue weighted by Crippen LogP contribution is 2.09. The first-order valence-corrected chi connectivity index (χ1v) is 8.64. The van der Waals surface area contributed by atoms with E-state index in [0.717, 1.165) is 12.8 Å². The molecular weight excluding hydrogens is 280 g/mol. The van der Waals surface area contributed by atoms with Crippen molar-refractivity contribution in [3.05, 3.63) is 12.2 Å². The van der Waals surface area contributed by atoms with Crippen molar-refractivity contribution < 1.29 is 20.9 Å². The number of carboxylic acid groups (broad SMARTS) is 1. The molecule has 0 heterocycles. The Kier molecular flexibility index (Phi) is 26.5. The average molecular weight is 318 g/mol. The van der Waals surface area contributed by atoms with Gasteiger partial charge in [-0.25, -0.2) is 0 Å². The number of hydrogen-bond donors (Lipinski definition) is 1. The molecule has 134 valence electrons. The van der Waals surface area contributed by atoms with Crippen molar-refractivity contribution >= 4 is 5.97 Å². The zero-order valence-electron chi connectivity index (χ0n) is 14.4. The summed E-state index contributed by atoms with van der Waals surface area (Å²) in [5.41, 5.74) is 0. The van der Waals surface area contributed by atoms with Gasteiger partial charge in [-0.1, -0.05) is 70.4 Å². The Morgan fingerprint density at radius 1 is 0.727 bits per heavy atom. The molecule has 0 amide bonds. The van der Waals surface area contributed by atoms with Crippen molar-refractivity contribution in [3.8, 4) is 0 Å². The average Bonchev–Trinajstić information content (AvgIpc) is 2.43. The smallest absolute Gasteiger partial charge is 0.303 e. The predicted molar refractivity (Wildman–Crippen MR) is 94.3 cm³/mol. The van der Waals surface area contributed by atoms with Crippen molar-refractivity contribution in [2.45, 2.75) is 96.8 Å². The van der Waals surface area contributed by atoms with Crippen LogP contribution in [-0.4, -0.2) is 22.0 Å². The summed E-state index contributed by atoms with van der Waals surface area (Å²) in [5, 5.41) is 8.51. The minimum Gasteiger partial charge on any atom is -0.481 e. The molecule has 0 aromatic heterocycles. The van der Waals surface area contributed by atoms with E-state index in [1.165, 1.54) is 70.6 Å². The van der Waals surface area contributed by atoms with Gasteiger partial charge in [0.1, 0.15) is 0 Å². The number of carbonyl (C=O) groups is 1. The van der Waals surface area contributed by atoms with Gasteiger partial charge in [-0.15, -0.1) is 0 Å². The molecule has 0 aliphatic carbocycles. The summed E-state index contributed by atoms with van der Waals surface area (Å²) in [4.78, 5) is 10.3. The molecule has 0 atom stereocenters. The van der Waals surface area contributed by atoms with Crippen LogP contribution >= 0.6 is 0 Å². The van der Waals surface area contributed by atoms with E-state index >= 15 is 0 Å². The van der Waals surface area contributed by atoms with E-state index in [9.17, 15) is 4.79 Å². The summed E-state index contributed by atoms with van der Waals surface area (Å²) in [6, 6.07) is 0. The molecule has 0 radical (unpaired) electrons. The second-order valence-corrected chi connectivity index (χ2v) is 5.73. The number of aliphatic carboxylic acids is 1. The van der Waals surface area contributed by atoms with Gasteiger partial charge in [0.25, 0.3) is 0 Å². The van der Waals surface area contributed by atoms with Crippen LogP contribution in [0.15, 0.2) is 12.2 Å². The van der Waals surface area contributed by atoms with Crippen molar-refractivity contribution in [2.24, 2.45) is 0 Å². The zero-order valence-corrected chi connectivity index (χ0v) is 14.4. The lowest BCUT2D eigenvalue weighted by molar-refractivity contribution is -0.137. The van der Waals surface area contributed by atoms with Crippen LogP contribution in [0, 0.1) is 0 Å². The van der Waals surface area contributed by atoms with Crippen molar-refractivity contribution in [2.75, 3.05) is 0 Å². The van der Waals surface area contributed by atoms with E-state index in [1.807, 2.05) is 0 Å². The topological polar surface area (TPSA) is 100 Å². The van der Waals surface area contributed by atoms with Gasteiger partial charge in [-0.2, -0.15) is 0 Å². The first-order valence-electron chi connectivity index (χ1n) is 8.64.